The number of nitrogens with zero attached hydrogens (tertiary/aromatic N) is 1. The molecule has 2 aromatic rings. The summed E-state index contributed by atoms with van der Waals surface area (Å²) in [6, 6.07) is 12.9. The minimum Gasteiger partial charge on any atom is -0.454 e. The molecule has 0 aliphatic carbocycles. The van der Waals surface area contributed by atoms with E-state index in [4.69, 9.17) is 27.9 Å². The van der Waals surface area contributed by atoms with Crippen molar-refractivity contribution in [2.45, 2.75) is 25.9 Å². The Labute approximate surface area is 189 Å². The quantitative estimate of drug-likeness (QED) is 0.500. The minimum atomic E-state index is -0.940. The summed E-state index contributed by atoms with van der Waals surface area (Å²) in [7, 11) is 0. The van der Waals surface area contributed by atoms with Crippen LogP contribution in [0.15, 0.2) is 48.5 Å². The Morgan fingerprint density at radius 2 is 1.81 bits per heavy atom. The van der Waals surface area contributed by atoms with Crippen LogP contribution < -0.4 is 5.43 Å². The zero-order chi connectivity index (χ0) is 22.5. The normalized spacial score (nSPS) is 16.7. The van der Waals surface area contributed by atoms with E-state index in [-0.39, 0.29) is 29.3 Å². The molecule has 7 nitrogen and oxygen atoms in total. The first-order valence-corrected chi connectivity index (χ1v) is 10.4. The van der Waals surface area contributed by atoms with Gasteiger partial charge >= 0.3 is 5.97 Å². The van der Waals surface area contributed by atoms with Crippen molar-refractivity contribution in [3.63, 3.8) is 0 Å². The molecule has 0 unspecified atom stereocenters. The number of hydrogen-bond donors (Lipinski definition) is 1. The van der Waals surface area contributed by atoms with Crippen molar-refractivity contribution >= 4 is 46.8 Å². The summed E-state index contributed by atoms with van der Waals surface area (Å²) in [5.41, 5.74) is 3.12. The highest BCUT2D eigenvalue weighted by atomic mass is 35.5. The topological polar surface area (TPSA) is 92.8 Å². The van der Waals surface area contributed by atoms with Crippen molar-refractivity contribution < 1.29 is 23.9 Å². The Morgan fingerprint density at radius 3 is 2.45 bits per heavy atom. The highest BCUT2D eigenvalue weighted by molar-refractivity contribution is 6.42. The van der Waals surface area contributed by atoms with Crippen LogP contribution in [0.4, 0.5) is 0 Å². The summed E-state index contributed by atoms with van der Waals surface area (Å²) < 4.78 is 5.40. The van der Waals surface area contributed by atoms with Gasteiger partial charge in [0, 0.05) is 17.5 Å². The van der Waals surface area contributed by atoms with E-state index in [1.165, 1.54) is 18.2 Å². The second-order valence-corrected chi connectivity index (χ2v) is 7.85. The van der Waals surface area contributed by atoms with Gasteiger partial charge in [-0.15, -0.1) is 0 Å². The molecule has 1 fully saturated rings. The Balaban J connectivity index is 1.60. The van der Waals surface area contributed by atoms with Crippen molar-refractivity contribution in [1.29, 1.82) is 0 Å². The third-order valence-corrected chi connectivity index (χ3v) is 5.60. The van der Waals surface area contributed by atoms with Crippen LogP contribution in [0.5, 0.6) is 0 Å². The summed E-state index contributed by atoms with van der Waals surface area (Å²) in [5, 5.41) is 1.57. The van der Waals surface area contributed by atoms with Gasteiger partial charge in [-0.05, 0) is 24.6 Å². The summed E-state index contributed by atoms with van der Waals surface area (Å²) in [6.45, 7) is 1.68. The lowest BCUT2D eigenvalue weighted by atomic mass is 10.0. The first kappa shape index (κ1) is 22.8. The molecule has 1 saturated heterocycles. The van der Waals surface area contributed by atoms with Crippen LogP contribution in [0.25, 0.3) is 0 Å². The molecule has 2 atom stereocenters. The van der Waals surface area contributed by atoms with Gasteiger partial charge in [-0.2, -0.15) is 0 Å². The van der Waals surface area contributed by atoms with Crippen LogP contribution in [0.2, 0.25) is 10.0 Å². The van der Waals surface area contributed by atoms with Crippen molar-refractivity contribution in [3.8, 4) is 0 Å². The lowest BCUT2D eigenvalue weighted by Crippen LogP contribution is -2.43. The molecule has 1 N–H and O–H groups in total. The predicted molar refractivity (Wildman–Crippen MR) is 115 cm³/mol. The van der Waals surface area contributed by atoms with Crippen LogP contribution in [0, 0.1) is 5.92 Å². The fourth-order valence-electron chi connectivity index (χ4n) is 3.15. The molecule has 2 amide bonds. The van der Waals surface area contributed by atoms with Gasteiger partial charge in [-0.1, -0.05) is 60.5 Å². The number of hydrazine groups is 1. The Morgan fingerprint density at radius 1 is 1.10 bits per heavy atom. The van der Waals surface area contributed by atoms with Crippen molar-refractivity contribution in [1.82, 2.24) is 10.4 Å². The summed E-state index contributed by atoms with van der Waals surface area (Å²) in [6.07, 6.45) is -0.765. The fraction of sp³-hybridized carbons (Fsp3) is 0.273. The van der Waals surface area contributed by atoms with Gasteiger partial charge in [-0.3, -0.25) is 29.6 Å². The van der Waals surface area contributed by atoms with Crippen LogP contribution in [0.1, 0.15) is 40.5 Å². The number of carbonyl (C=O) groups excluding carboxylic acids is 4. The summed E-state index contributed by atoms with van der Waals surface area (Å²) >= 11 is 11.8. The molecule has 9 heteroatoms. The number of rotatable bonds is 7. The van der Waals surface area contributed by atoms with Gasteiger partial charge in [0.25, 0.3) is 5.91 Å². The van der Waals surface area contributed by atoms with E-state index in [0.29, 0.717) is 17.0 Å². The maximum atomic E-state index is 12.6. The first-order valence-electron chi connectivity index (χ1n) is 9.66. The molecule has 2 aromatic carbocycles. The van der Waals surface area contributed by atoms with E-state index in [1.807, 2.05) is 0 Å². The Hall–Kier alpha value is -2.90. The number of Topliss-reactive ketones (excluding diaryl/α,β-unsaturated/α-hetero) is 1. The second kappa shape index (κ2) is 9.94. The van der Waals surface area contributed by atoms with E-state index in [9.17, 15) is 19.2 Å². The number of halogens is 2. The average molecular weight is 463 g/mol. The van der Waals surface area contributed by atoms with E-state index < -0.39 is 29.8 Å². The van der Waals surface area contributed by atoms with Gasteiger partial charge in [0.15, 0.2) is 6.10 Å². The van der Waals surface area contributed by atoms with Crippen LogP contribution in [-0.4, -0.2) is 41.2 Å². The maximum absolute atomic E-state index is 12.6. The molecule has 3 rings (SSSR count). The highest BCUT2D eigenvalue weighted by Crippen LogP contribution is 2.23. The number of amides is 2. The maximum Gasteiger partial charge on any atom is 0.312 e. The molecule has 0 bridgehead atoms. The third-order valence-electron chi connectivity index (χ3n) is 4.86. The van der Waals surface area contributed by atoms with Gasteiger partial charge < -0.3 is 4.74 Å². The van der Waals surface area contributed by atoms with Gasteiger partial charge in [0.1, 0.15) is 0 Å². The van der Waals surface area contributed by atoms with Gasteiger partial charge in [0.05, 0.1) is 22.5 Å². The second-order valence-electron chi connectivity index (χ2n) is 7.04. The van der Waals surface area contributed by atoms with Crippen molar-refractivity contribution in [2.75, 3.05) is 6.54 Å². The van der Waals surface area contributed by atoms with E-state index >= 15 is 0 Å². The number of carbonyl (C=O) groups is 4. The number of ether oxygens (including phenoxy) is 1. The molecule has 162 valence electrons. The number of ketones is 1. The van der Waals surface area contributed by atoms with E-state index in [2.05, 4.69) is 5.43 Å². The van der Waals surface area contributed by atoms with Crippen LogP contribution in [-0.2, 0) is 14.3 Å². The van der Waals surface area contributed by atoms with Crippen LogP contribution >= 0.6 is 23.2 Å². The highest BCUT2D eigenvalue weighted by Gasteiger charge is 2.38. The third kappa shape index (κ3) is 5.42. The summed E-state index contributed by atoms with van der Waals surface area (Å²) in [5.74, 6) is -2.75. The molecule has 0 aromatic heterocycles. The number of esters is 1. The zero-order valence-electron chi connectivity index (χ0n) is 16.6. The molecule has 1 aliphatic heterocycles. The molecule has 1 aliphatic rings. The molecular weight excluding hydrogens is 443 g/mol. The fourth-order valence-corrected chi connectivity index (χ4v) is 3.44. The SMILES string of the molecule is CC[C@H](OC(=O)[C@@H]1CC(=O)N(NC(=O)c2ccc(Cl)c(Cl)c2)C1)C(=O)c1ccccc1. The largest absolute Gasteiger partial charge is 0.454 e. The lowest BCUT2D eigenvalue weighted by Gasteiger charge is -2.19. The molecular formula is C22H20Cl2N2O5. The number of benzene rings is 2. The number of nitrogens with one attached hydrogen (secondary N) is 1. The van der Waals surface area contributed by atoms with E-state index in [1.54, 1.807) is 37.3 Å². The molecule has 1 heterocycles. The average Bonchev–Trinajstić information content (AvgIpc) is 3.14. The predicted octanol–water partition coefficient (Wildman–Crippen LogP) is 3.69. The van der Waals surface area contributed by atoms with Gasteiger partial charge in [-0.25, -0.2) is 0 Å². The lowest BCUT2D eigenvalue weighted by molar-refractivity contribution is -0.151. The Kier molecular flexibility index (Phi) is 7.30. The molecule has 0 saturated carbocycles. The van der Waals surface area contributed by atoms with Gasteiger partial charge in [0.2, 0.25) is 11.7 Å². The standard InChI is InChI=1S/C22H20Cl2N2O5/c1-2-18(20(28)13-6-4-3-5-7-13)31-22(30)15-11-19(27)26(12-15)25-21(29)14-8-9-16(23)17(24)10-14/h3-10,15,18H,2,11-12H2,1H3,(H,25,29)/t15-,18+/m1/s1. The van der Waals surface area contributed by atoms with Crippen molar-refractivity contribution in [3.05, 3.63) is 69.7 Å². The zero-order valence-corrected chi connectivity index (χ0v) is 18.2. The first-order chi connectivity index (χ1) is 14.8. The van der Waals surface area contributed by atoms with Crippen LogP contribution in [0.3, 0.4) is 0 Å². The monoisotopic (exact) mass is 462 g/mol. The minimum absolute atomic E-state index is 0.0549. The molecule has 31 heavy (non-hydrogen) atoms. The number of hydrogen-bond acceptors (Lipinski definition) is 5. The summed E-state index contributed by atoms with van der Waals surface area (Å²) in [4.78, 5) is 49.8. The Bertz CT molecular complexity index is 1010. The molecule has 0 spiro atoms. The molecule has 0 radical (unpaired) electrons. The smallest absolute Gasteiger partial charge is 0.312 e. The van der Waals surface area contributed by atoms with E-state index in [0.717, 1.165) is 5.01 Å². The van der Waals surface area contributed by atoms with Crippen molar-refractivity contribution in [2.24, 2.45) is 5.92 Å².